The summed E-state index contributed by atoms with van der Waals surface area (Å²) in [6.07, 6.45) is 5.31. The molecule has 2 rings (SSSR count). The molecule has 106 valence electrons. The number of likely N-dealkylation sites (tertiary alicyclic amines) is 1. The van der Waals surface area contributed by atoms with Crippen LogP contribution >= 0.6 is 0 Å². The first kappa shape index (κ1) is 14.7. The van der Waals surface area contributed by atoms with Crippen LogP contribution in [0.15, 0.2) is 22.4 Å². The summed E-state index contributed by atoms with van der Waals surface area (Å²) in [7, 11) is 0. The second-order valence-corrected chi connectivity index (χ2v) is 6.57. The molecule has 1 fully saturated rings. The lowest BCUT2D eigenvalue weighted by Gasteiger charge is -2.39. The van der Waals surface area contributed by atoms with Gasteiger partial charge in [-0.05, 0) is 48.7 Å². The Labute approximate surface area is 122 Å². The summed E-state index contributed by atoms with van der Waals surface area (Å²) in [6, 6.07) is 4.20. The fourth-order valence-corrected chi connectivity index (χ4v) is 3.49. The van der Waals surface area contributed by atoms with Crippen LogP contribution in [-0.4, -0.2) is 18.0 Å². The monoisotopic (exact) mass is 269 g/mol. The number of hydrogen-bond acceptors (Lipinski definition) is 3. The van der Waals surface area contributed by atoms with E-state index in [0.29, 0.717) is 5.57 Å². The van der Waals surface area contributed by atoms with Crippen LogP contribution in [0.25, 0.3) is 0 Å². The lowest BCUT2D eigenvalue weighted by atomic mass is 9.72. The summed E-state index contributed by atoms with van der Waals surface area (Å²) in [4.78, 5) is 2.48. The zero-order chi connectivity index (χ0) is 14.8. The standard InChI is InChI=1S/C17H23N3/c1-4-14-15(13(11-18)12-19)9-17(2,3)10-16(14)20-7-5-6-8-20/h4-10H2,1-3H3. The van der Waals surface area contributed by atoms with Crippen LogP contribution in [0, 0.1) is 28.1 Å². The highest BCUT2D eigenvalue weighted by atomic mass is 15.2. The Morgan fingerprint density at radius 2 is 1.75 bits per heavy atom. The molecule has 0 spiro atoms. The van der Waals surface area contributed by atoms with E-state index in [4.69, 9.17) is 0 Å². The average molecular weight is 269 g/mol. The topological polar surface area (TPSA) is 50.8 Å². The van der Waals surface area contributed by atoms with Crippen molar-refractivity contribution in [2.45, 2.75) is 52.9 Å². The van der Waals surface area contributed by atoms with Gasteiger partial charge in [0, 0.05) is 18.8 Å². The van der Waals surface area contributed by atoms with Gasteiger partial charge in [0.25, 0.3) is 0 Å². The van der Waals surface area contributed by atoms with Gasteiger partial charge >= 0.3 is 0 Å². The van der Waals surface area contributed by atoms with Crippen LogP contribution < -0.4 is 0 Å². The van der Waals surface area contributed by atoms with Crippen molar-refractivity contribution in [3.63, 3.8) is 0 Å². The quantitative estimate of drug-likeness (QED) is 0.714. The van der Waals surface area contributed by atoms with E-state index in [2.05, 4.69) is 37.8 Å². The normalized spacial score (nSPS) is 21.6. The molecule has 1 aliphatic carbocycles. The highest BCUT2D eigenvalue weighted by Crippen LogP contribution is 2.45. The Morgan fingerprint density at radius 1 is 1.15 bits per heavy atom. The largest absolute Gasteiger partial charge is 0.375 e. The van der Waals surface area contributed by atoms with Gasteiger partial charge in [0.05, 0.1) is 0 Å². The molecule has 1 heterocycles. The maximum Gasteiger partial charge on any atom is 0.133 e. The first-order chi connectivity index (χ1) is 9.52. The number of allylic oxidation sites excluding steroid dienone is 4. The average Bonchev–Trinajstić information content (AvgIpc) is 2.92. The number of rotatable bonds is 2. The molecule has 0 aromatic carbocycles. The van der Waals surface area contributed by atoms with Crippen molar-refractivity contribution < 1.29 is 0 Å². The molecule has 0 bridgehead atoms. The molecular weight excluding hydrogens is 246 g/mol. The first-order valence-electron chi connectivity index (χ1n) is 7.53. The van der Waals surface area contributed by atoms with Gasteiger partial charge in [0.2, 0.25) is 0 Å². The zero-order valence-corrected chi connectivity index (χ0v) is 12.8. The van der Waals surface area contributed by atoms with Crippen LogP contribution in [0.3, 0.4) is 0 Å². The molecule has 0 aromatic rings. The lowest BCUT2D eigenvalue weighted by Crippen LogP contribution is -2.30. The highest BCUT2D eigenvalue weighted by Gasteiger charge is 2.34. The molecule has 3 heteroatoms. The van der Waals surface area contributed by atoms with Crippen LogP contribution in [-0.2, 0) is 0 Å². The van der Waals surface area contributed by atoms with Crippen molar-refractivity contribution in [2.75, 3.05) is 13.1 Å². The molecule has 0 N–H and O–H groups in total. The third-order valence-electron chi connectivity index (χ3n) is 4.38. The minimum atomic E-state index is 0.130. The Kier molecular flexibility index (Phi) is 4.19. The molecule has 0 amide bonds. The van der Waals surface area contributed by atoms with Gasteiger partial charge < -0.3 is 4.90 Å². The predicted molar refractivity (Wildman–Crippen MR) is 79.4 cm³/mol. The van der Waals surface area contributed by atoms with E-state index < -0.39 is 0 Å². The van der Waals surface area contributed by atoms with Crippen molar-refractivity contribution in [3.8, 4) is 12.1 Å². The number of nitrogens with zero attached hydrogens (tertiary/aromatic N) is 3. The number of nitriles is 2. The Hall–Kier alpha value is -1.74. The van der Waals surface area contributed by atoms with Crippen LogP contribution in [0.1, 0.15) is 52.9 Å². The molecule has 1 saturated heterocycles. The molecular formula is C17H23N3. The second-order valence-electron chi connectivity index (χ2n) is 6.57. The first-order valence-corrected chi connectivity index (χ1v) is 7.53. The zero-order valence-electron chi connectivity index (χ0n) is 12.8. The van der Waals surface area contributed by atoms with Crippen LogP contribution in [0.4, 0.5) is 0 Å². The Morgan fingerprint density at radius 3 is 2.25 bits per heavy atom. The van der Waals surface area contributed by atoms with Crippen molar-refractivity contribution in [1.82, 2.24) is 4.90 Å². The van der Waals surface area contributed by atoms with Gasteiger partial charge in [-0.3, -0.25) is 0 Å². The fraction of sp³-hybridized carbons (Fsp3) is 0.647. The smallest absolute Gasteiger partial charge is 0.133 e. The Bertz CT molecular complexity index is 516. The summed E-state index contributed by atoms with van der Waals surface area (Å²) in [5.74, 6) is 0. The van der Waals surface area contributed by atoms with Gasteiger partial charge in [-0.25, -0.2) is 0 Å². The van der Waals surface area contributed by atoms with Crippen molar-refractivity contribution in [2.24, 2.45) is 5.41 Å². The van der Waals surface area contributed by atoms with Crippen molar-refractivity contribution in [1.29, 1.82) is 10.5 Å². The minimum Gasteiger partial charge on any atom is -0.375 e. The van der Waals surface area contributed by atoms with E-state index in [1.54, 1.807) is 0 Å². The molecule has 2 aliphatic rings. The van der Waals surface area contributed by atoms with E-state index in [1.807, 2.05) is 0 Å². The third-order valence-corrected chi connectivity index (χ3v) is 4.38. The Balaban J connectivity index is 2.56. The highest BCUT2D eigenvalue weighted by molar-refractivity contribution is 5.52. The predicted octanol–water partition coefficient (Wildman–Crippen LogP) is 3.91. The van der Waals surface area contributed by atoms with Gasteiger partial charge in [0.15, 0.2) is 0 Å². The van der Waals surface area contributed by atoms with Gasteiger partial charge in [0.1, 0.15) is 17.7 Å². The SMILES string of the molecule is CCC1=C(N2CCCC2)CC(C)(C)CC1=C(C#N)C#N. The lowest BCUT2D eigenvalue weighted by molar-refractivity contribution is 0.283. The summed E-state index contributed by atoms with van der Waals surface area (Å²) in [5, 5.41) is 18.5. The summed E-state index contributed by atoms with van der Waals surface area (Å²) < 4.78 is 0. The molecule has 3 nitrogen and oxygen atoms in total. The van der Waals surface area contributed by atoms with Crippen LogP contribution in [0.5, 0.6) is 0 Å². The summed E-state index contributed by atoms with van der Waals surface area (Å²) >= 11 is 0. The summed E-state index contributed by atoms with van der Waals surface area (Å²) in [6.45, 7) is 8.85. The molecule has 20 heavy (non-hydrogen) atoms. The summed E-state index contributed by atoms with van der Waals surface area (Å²) in [5.41, 5.74) is 4.08. The van der Waals surface area contributed by atoms with Gasteiger partial charge in [-0.15, -0.1) is 0 Å². The van der Waals surface area contributed by atoms with E-state index in [9.17, 15) is 10.5 Å². The second kappa shape index (κ2) is 5.71. The third kappa shape index (κ3) is 2.73. The molecule has 0 radical (unpaired) electrons. The molecule has 0 saturated carbocycles. The van der Waals surface area contributed by atoms with E-state index >= 15 is 0 Å². The van der Waals surface area contributed by atoms with E-state index in [0.717, 1.165) is 37.9 Å². The van der Waals surface area contributed by atoms with Crippen molar-refractivity contribution >= 4 is 0 Å². The minimum absolute atomic E-state index is 0.130. The van der Waals surface area contributed by atoms with Gasteiger partial charge in [-0.2, -0.15) is 10.5 Å². The maximum absolute atomic E-state index is 9.25. The fourth-order valence-electron chi connectivity index (χ4n) is 3.49. The van der Waals surface area contributed by atoms with E-state index in [-0.39, 0.29) is 5.41 Å². The maximum atomic E-state index is 9.25. The molecule has 0 unspecified atom stereocenters. The van der Waals surface area contributed by atoms with Crippen LogP contribution in [0.2, 0.25) is 0 Å². The molecule has 0 atom stereocenters. The van der Waals surface area contributed by atoms with Crippen molar-refractivity contribution in [3.05, 3.63) is 22.4 Å². The van der Waals surface area contributed by atoms with E-state index in [1.165, 1.54) is 24.1 Å². The molecule has 1 aliphatic heterocycles. The molecule has 0 aromatic heterocycles. The van der Waals surface area contributed by atoms with Gasteiger partial charge in [-0.1, -0.05) is 20.8 Å². The number of hydrogen-bond donors (Lipinski definition) is 0.